The fraction of sp³-hybridized carbons (Fsp3) is 0.154. The lowest BCUT2D eigenvalue weighted by Crippen LogP contribution is -2.12. The largest absolute Gasteiger partial charge is 0.497 e. The number of hydrogen-bond acceptors (Lipinski definition) is 7. The summed E-state index contributed by atoms with van der Waals surface area (Å²) in [7, 11) is 1.63. The van der Waals surface area contributed by atoms with Crippen LogP contribution in [0.4, 0.5) is 5.13 Å². The first kappa shape index (κ1) is 23.5. The van der Waals surface area contributed by atoms with Gasteiger partial charge in [-0.05, 0) is 42.8 Å². The van der Waals surface area contributed by atoms with Gasteiger partial charge in [0.15, 0.2) is 5.13 Å². The fourth-order valence-electron chi connectivity index (χ4n) is 3.31. The number of thiazole rings is 1. The van der Waals surface area contributed by atoms with E-state index in [1.54, 1.807) is 13.3 Å². The zero-order valence-electron chi connectivity index (χ0n) is 18.7. The van der Waals surface area contributed by atoms with Gasteiger partial charge in [0.25, 0.3) is 0 Å². The molecular formula is C26H22N4O2S2. The summed E-state index contributed by atoms with van der Waals surface area (Å²) in [6.07, 6.45) is 1.93. The molecule has 0 radical (unpaired) electrons. The van der Waals surface area contributed by atoms with Crippen LogP contribution in [0.3, 0.4) is 0 Å². The van der Waals surface area contributed by atoms with Gasteiger partial charge in [-0.25, -0.2) is 9.97 Å². The van der Waals surface area contributed by atoms with Crippen LogP contribution in [0.15, 0.2) is 71.2 Å². The number of carbonyl (C=O) groups excluding carboxylic acids is 1. The van der Waals surface area contributed by atoms with Crippen LogP contribution >= 0.6 is 23.1 Å². The quantitative estimate of drug-likeness (QED) is 0.299. The highest BCUT2D eigenvalue weighted by Crippen LogP contribution is 2.35. The molecule has 2 aromatic carbocycles. The fourth-order valence-corrected chi connectivity index (χ4v) is 4.80. The predicted molar refractivity (Wildman–Crippen MR) is 137 cm³/mol. The molecule has 0 atom stereocenters. The van der Waals surface area contributed by atoms with Crippen molar-refractivity contribution in [2.24, 2.45) is 0 Å². The van der Waals surface area contributed by atoms with Crippen molar-refractivity contribution < 1.29 is 9.53 Å². The van der Waals surface area contributed by atoms with Gasteiger partial charge < -0.3 is 10.1 Å². The third-order valence-corrected chi connectivity index (χ3v) is 6.76. The average Bonchev–Trinajstić information content (AvgIpc) is 3.37. The molecule has 4 rings (SSSR count). The molecular weight excluding hydrogens is 464 g/mol. The van der Waals surface area contributed by atoms with E-state index in [1.807, 2.05) is 66.9 Å². The van der Waals surface area contributed by atoms with Crippen LogP contribution in [-0.4, -0.2) is 28.7 Å². The Morgan fingerprint density at radius 2 is 1.88 bits per heavy atom. The Morgan fingerprint density at radius 3 is 2.53 bits per heavy atom. The van der Waals surface area contributed by atoms with Crippen LogP contribution < -0.4 is 10.1 Å². The number of thioether (sulfide) groups is 1. The summed E-state index contributed by atoms with van der Waals surface area (Å²) in [6, 6.07) is 20.0. The smallest absolute Gasteiger partial charge is 0.226 e. The average molecular weight is 487 g/mol. The van der Waals surface area contributed by atoms with Gasteiger partial charge in [-0.15, -0.1) is 23.1 Å². The first-order chi connectivity index (χ1) is 16.6. The van der Waals surface area contributed by atoms with Gasteiger partial charge in [-0.3, -0.25) is 4.79 Å². The van der Waals surface area contributed by atoms with E-state index in [-0.39, 0.29) is 12.3 Å². The Hall–Kier alpha value is -3.67. The van der Waals surface area contributed by atoms with E-state index in [4.69, 9.17) is 9.72 Å². The number of ether oxygens (including phenoxy) is 1. The lowest BCUT2D eigenvalue weighted by molar-refractivity contribution is -0.115. The molecule has 0 fully saturated rings. The van der Waals surface area contributed by atoms with Crippen molar-refractivity contribution in [2.45, 2.75) is 18.4 Å². The maximum absolute atomic E-state index is 12.3. The molecule has 6 nitrogen and oxygen atoms in total. The van der Waals surface area contributed by atoms with Gasteiger partial charge in [-0.1, -0.05) is 29.8 Å². The summed E-state index contributed by atoms with van der Waals surface area (Å²) >= 11 is 2.78. The highest BCUT2D eigenvalue weighted by atomic mass is 32.2. The number of amides is 1. The second-order valence-electron chi connectivity index (χ2n) is 7.43. The van der Waals surface area contributed by atoms with E-state index < -0.39 is 0 Å². The zero-order valence-corrected chi connectivity index (χ0v) is 20.4. The van der Waals surface area contributed by atoms with Crippen molar-refractivity contribution in [3.05, 3.63) is 77.3 Å². The number of benzene rings is 2. The molecule has 0 aliphatic heterocycles. The molecule has 4 aromatic rings. The first-order valence-electron chi connectivity index (χ1n) is 10.6. The molecule has 1 amide bonds. The maximum Gasteiger partial charge on any atom is 0.226 e. The van der Waals surface area contributed by atoms with Crippen LogP contribution in [0.25, 0.3) is 22.4 Å². The van der Waals surface area contributed by atoms with Gasteiger partial charge >= 0.3 is 0 Å². The minimum atomic E-state index is -0.119. The third-order valence-electron chi connectivity index (χ3n) is 5.09. The highest BCUT2D eigenvalue weighted by molar-refractivity contribution is 7.99. The van der Waals surface area contributed by atoms with Gasteiger partial charge in [-0.2, -0.15) is 5.26 Å². The van der Waals surface area contributed by atoms with Crippen LogP contribution in [0.5, 0.6) is 5.75 Å². The summed E-state index contributed by atoms with van der Waals surface area (Å²) < 4.78 is 5.27. The summed E-state index contributed by atoms with van der Waals surface area (Å²) in [5.41, 5.74) is 5.09. The monoisotopic (exact) mass is 486 g/mol. The van der Waals surface area contributed by atoms with Crippen molar-refractivity contribution in [1.29, 1.82) is 5.26 Å². The van der Waals surface area contributed by atoms with Gasteiger partial charge in [0.05, 0.1) is 18.4 Å². The standard InChI is InChI=1S/C26H22N4O2S2/c1-17-3-5-18(6-4-17)21-15-23(19-7-9-20(32-2)10-8-19)29-25(22(21)16-27)33-13-11-24(31)30-26-28-12-14-34-26/h3-10,12,14-15H,11,13H2,1-2H3,(H,28,30,31). The van der Waals surface area contributed by atoms with E-state index in [0.29, 0.717) is 21.5 Å². The number of aromatic nitrogens is 2. The van der Waals surface area contributed by atoms with Gasteiger partial charge in [0.1, 0.15) is 16.8 Å². The predicted octanol–water partition coefficient (Wildman–Crippen LogP) is 6.18. The van der Waals surface area contributed by atoms with Crippen molar-refractivity contribution in [2.75, 3.05) is 18.2 Å². The molecule has 0 unspecified atom stereocenters. The van der Waals surface area contributed by atoms with Crippen LogP contribution in [0.2, 0.25) is 0 Å². The van der Waals surface area contributed by atoms with E-state index in [0.717, 1.165) is 33.7 Å². The second-order valence-corrected chi connectivity index (χ2v) is 9.40. The summed E-state index contributed by atoms with van der Waals surface area (Å²) in [5, 5.41) is 15.8. The Labute approximate surface area is 206 Å². The number of nitrogens with one attached hydrogen (secondary N) is 1. The SMILES string of the molecule is COc1ccc(-c2cc(-c3ccc(C)cc3)c(C#N)c(SCCC(=O)Nc3nccs3)n2)cc1. The molecule has 0 saturated heterocycles. The summed E-state index contributed by atoms with van der Waals surface area (Å²) in [5.74, 6) is 1.13. The Bertz CT molecular complexity index is 1310. The molecule has 170 valence electrons. The van der Waals surface area contributed by atoms with Crippen molar-refractivity contribution in [1.82, 2.24) is 9.97 Å². The number of pyridine rings is 1. The van der Waals surface area contributed by atoms with Crippen molar-refractivity contribution >= 4 is 34.1 Å². The molecule has 0 aliphatic carbocycles. The molecule has 2 heterocycles. The van der Waals surface area contributed by atoms with Crippen molar-refractivity contribution in [3.8, 4) is 34.2 Å². The van der Waals surface area contributed by atoms with Crippen LogP contribution in [-0.2, 0) is 4.79 Å². The van der Waals surface area contributed by atoms with Gasteiger partial charge in [0, 0.05) is 34.9 Å². The number of anilines is 1. The maximum atomic E-state index is 12.3. The van der Waals surface area contributed by atoms with E-state index in [9.17, 15) is 10.1 Å². The Kier molecular flexibility index (Phi) is 7.58. The second kappa shape index (κ2) is 11.0. The van der Waals surface area contributed by atoms with Gasteiger partial charge in [0.2, 0.25) is 5.91 Å². The lowest BCUT2D eigenvalue weighted by atomic mass is 9.98. The summed E-state index contributed by atoms with van der Waals surface area (Å²) in [4.78, 5) is 21.1. The number of methoxy groups -OCH3 is 1. The molecule has 34 heavy (non-hydrogen) atoms. The molecule has 8 heteroatoms. The number of hydrogen-bond donors (Lipinski definition) is 1. The van der Waals surface area contributed by atoms with Crippen LogP contribution in [0, 0.1) is 18.3 Å². The first-order valence-corrected chi connectivity index (χ1v) is 12.4. The lowest BCUT2D eigenvalue weighted by Gasteiger charge is -2.13. The van der Waals surface area contributed by atoms with E-state index in [1.165, 1.54) is 23.1 Å². The number of carbonyl (C=O) groups is 1. The summed E-state index contributed by atoms with van der Waals surface area (Å²) in [6.45, 7) is 2.03. The molecule has 0 spiro atoms. The Morgan fingerprint density at radius 1 is 1.15 bits per heavy atom. The van der Waals surface area contributed by atoms with E-state index in [2.05, 4.69) is 16.4 Å². The highest BCUT2D eigenvalue weighted by Gasteiger charge is 2.17. The molecule has 0 bridgehead atoms. The number of nitrogens with zero attached hydrogens (tertiary/aromatic N) is 3. The Balaban J connectivity index is 1.65. The van der Waals surface area contributed by atoms with Crippen LogP contribution in [0.1, 0.15) is 17.5 Å². The zero-order chi connectivity index (χ0) is 23.9. The van der Waals surface area contributed by atoms with Crippen molar-refractivity contribution in [3.63, 3.8) is 0 Å². The molecule has 1 N–H and O–H groups in total. The minimum Gasteiger partial charge on any atom is -0.497 e. The third kappa shape index (κ3) is 5.63. The number of aryl methyl sites for hydroxylation is 1. The molecule has 0 aliphatic rings. The number of nitriles is 1. The molecule has 2 aromatic heterocycles. The van der Waals surface area contributed by atoms with E-state index >= 15 is 0 Å². The normalized spacial score (nSPS) is 10.5. The molecule has 0 saturated carbocycles. The topological polar surface area (TPSA) is 87.9 Å². The number of rotatable bonds is 8. The minimum absolute atomic E-state index is 0.119.